The molecule has 4 saturated heterocycles. The summed E-state index contributed by atoms with van der Waals surface area (Å²) >= 11 is 0. The molecule has 0 radical (unpaired) electrons. The molecule has 4 aromatic rings. The molecule has 3 N–H and O–H groups in total. The average Bonchev–Trinajstić information content (AvgIpc) is 3.79. The van der Waals surface area contributed by atoms with Gasteiger partial charge >= 0.3 is 12.1 Å². The van der Waals surface area contributed by atoms with E-state index in [9.17, 15) is 19.1 Å². The number of hydrogen-bond donors (Lipinski definition) is 3. The van der Waals surface area contributed by atoms with Crippen LogP contribution in [0.1, 0.15) is 44.1 Å². The number of fused-ring (bicyclic) bond motifs is 5. The number of aromatic hydroxyl groups is 1. The van der Waals surface area contributed by atoms with E-state index in [0.29, 0.717) is 18.5 Å². The van der Waals surface area contributed by atoms with E-state index in [1.165, 1.54) is 29.2 Å². The molecule has 2 aromatic carbocycles. The summed E-state index contributed by atoms with van der Waals surface area (Å²) in [4.78, 5) is 43.8. The number of benzene rings is 2. The van der Waals surface area contributed by atoms with Crippen molar-refractivity contribution in [3.8, 4) is 35.4 Å². The van der Waals surface area contributed by atoms with Crippen LogP contribution in [0.25, 0.3) is 32.9 Å². The SMILES string of the molecule is C#Cc1c(F)ccc2cc(O)cc(-c3[nH]c(=O)c4c(N5CC6CCC(C5)N6)nc(OC[C@]56CCCN5[C@@H](COC(=O)N(C)C)CC6)nc4c3F)c12. The summed E-state index contributed by atoms with van der Waals surface area (Å²) in [6.45, 7) is 2.46. The lowest BCUT2D eigenvalue weighted by Gasteiger charge is -2.35. The second-order valence-electron chi connectivity index (χ2n) is 14.4. The number of halogens is 2. The number of phenols is 1. The number of phenolic OH excluding ortho intramolecular Hbond substituents is 1. The molecule has 4 aliphatic rings. The third-order valence-corrected chi connectivity index (χ3v) is 11.0. The topological polar surface area (TPSA) is 136 Å². The van der Waals surface area contributed by atoms with Crippen LogP contribution < -0.4 is 20.5 Å². The van der Waals surface area contributed by atoms with E-state index in [2.05, 4.69) is 26.1 Å². The molecule has 1 amide bonds. The number of carbonyl (C=O) groups is 1. The standard InChI is InChI=1S/C37H39F2N7O5/c1-4-25-27(38)9-6-20-14-24(47)15-26(28(20)25)31-30(39)32-29(34(48)41-31)33(45-16-21-7-8-22(17-45)40-21)43-35(42-32)51-19-37-11-5-13-46(37)23(10-12-37)18-50-36(49)44(2)3/h1,6,9,14-15,21-23,40,47H,5,7-8,10-13,16-19H2,2-3H3,(H,41,48)/t21?,22?,23-,37-/m1/s1. The lowest BCUT2D eigenvalue weighted by molar-refractivity contribution is 0.0484. The van der Waals surface area contributed by atoms with Gasteiger partial charge in [-0.15, -0.1) is 6.42 Å². The second-order valence-corrected chi connectivity index (χ2v) is 14.4. The molecule has 2 bridgehead atoms. The van der Waals surface area contributed by atoms with E-state index in [-0.39, 0.29) is 87.6 Å². The molecular formula is C37H39F2N7O5. The zero-order valence-electron chi connectivity index (χ0n) is 28.5. The van der Waals surface area contributed by atoms with Crippen LogP contribution in [0.15, 0.2) is 29.1 Å². The highest BCUT2D eigenvalue weighted by molar-refractivity contribution is 6.03. The number of aromatic amines is 1. The Morgan fingerprint density at radius 3 is 2.67 bits per heavy atom. The van der Waals surface area contributed by atoms with E-state index >= 15 is 4.39 Å². The van der Waals surface area contributed by atoms with Crippen LogP contribution >= 0.6 is 0 Å². The van der Waals surface area contributed by atoms with Gasteiger partial charge in [0, 0.05) is 56.3 Å². The normalized spacial score (nSPS) is 24.2. The number of terminal acetylenes is 1. The molecule has 51 heavy (non-hydrogen) atoms. The summed E-state index contributed by atoms with van der Waals surface area (Å²) < 4.78 is 43.8. The van der Waals surface area contributed by atoms with Crippen LogP contribution in [0.5, 0.6) is 11.8 Å². The summed E-state index contributed by atoms with van der Waals surface area (Å²) in [7, 11) is 3.29. The van der Waals surface area contributed by atoms with Gasteiger partial charge in [-0.05, 0) is 68.7 Å². The van der Waals surface area contributed by atoms with Gasteiger partial charge in [0.1, 0.15) is 41.5 Å². The summed E-state index contributed by atoms with van der Waals surface area (Å²) in [5.41, 5.74) is -1.64. The molecule has 0 saturated carbocycles. The van der Waals surface area contributed by atoms with Crippen molar-refractivity contribution in [2.75, 3.05) is 51.8 Å². The number of anilines is 1. The Bertz CT molecular complexity index is 2160. The fourth-order valence-corrected chi connectivity index (χ4v) is 8.64. The van der Waals surface area contributed by atoms with E-state index in [1.54, 1.807) is 14.1 Å². The number of rotatable bonds is 7. The molecule has 266 valence electrons. The molecule has 8 rings (SSSR count). The minimum Gasteiger partial charge on any atom is -0.508 e. The van der Waals surface area contributed by atoms with Gasteiger partial charge in [-0.1, -0.05) is 12.0 Å². The summed E-state index contributed by atoms with van der Waals surface area (Å²) in [6, 6.07) is 5.61. The van der Waals surface area contributed by atoms with Crippen LogP contribution in [0.3, 0.4) is 0 Å². The van der Waals surface area contributed by atoms with Crippen LogP contribution in [-0.4, -0.2) is 107 Å². The zero-order chi connectivity index (χ0) is 35.6. The zero-order valence-corrected chi connectivity index (χ0v) is 28.5. The molecule has 0 spiro atoms. The number of nitrogens with one attached hydrogen (secondary N) is 2. The van der Waals surface area contributed by atoms with E-state index < -0.39 is 23.3 Å². The van der Waals surface area contributed by atoms with Gasteiger partial charge in [0.05, 0.1) is 16.8 Å². The minimum absolute atomic E-state index is 0.0178. The number of H-pyrrole nitrogens is 1. The van der Waals surface area contributed by atoms with Gasteiger partial charge in [0.25, 0.3) is 5.56 Å². The highest BCUT2D eigenvalue weighted by atomic mass is 19.1. The first-order chi connectivity index (χ1) is 24.5. The molecule has 2 aromatic heterocycles. The number of amides is 1. The summed E-state index contributed by atoms with van der Waals surface area (Å²) in [5, 5.41) is 14.7. The second kappa shape index (κ2) is 12.6. The van der Waals surface area contributed by atoms with Crippen LogP contribution in [0.2, 0.25) is 0 Å². The van der Waals surface area contributed by atoms with E-state index in [0.717, 1.165) is 45.1 Å². The predicted octanol–water partition coefficient (Wildman–Crippen LogP) is 4.12. The minimum atomic E-state index is -0.889. The maximum Gasteiger partial charge on any atom is 0.409 e. The highest BCUT2D eigenvalue weighted by Gasteiger charge is 2.50. The maximum absolute atomic E-state index is 17.0. The van der Waals surface area contributed by atoms with E-state index in [4.69, 9.17) is 20.9 Å². The Kier molecular flexibility index (Phi) is 8.22. The van der Waals surface area contributed by atoms with Crippen molar-refractivity contribution in [3.63, 3.8) is 0 Å². The number of hydrogen-bond acceptors (Lipinski definition) is 10. The molecule has 14 heteroatoms. The van der Waals surface area contributed by atoms with E-state index in [1.807, 2.05) is 4.90 Å². The first-order valence-corrected chi connectivity index (χ1v) is 17.4. The number of carbonyl (C=O) groups excluding carboxylic acids is 1. The van der Waals surface area contributed by atoms with Crippen LogP contribution in [0.4, 0.5) is 19.4 Å². The summed E-state index contributed by atoms with van der Waals surface area (Å²) in [5.74, 6) is 0.808. The number of ether oxygens (including phenoxy) is 2. The van der Waals surface area contributed by atoms with Crippen molar-refractivity contribution in [1.82, 2.24) is 30.1 Å². The van der Waals surface area contributed by atoms with Crippen molar-refractivity contribution in [3.05, 3.63) is 51.8 Å². The van der Waals surface area contributed by atoms with Gasteiger partial charge in [-0.2, -0.15) is 9.97 Å². The maximum atomic E-state index is 17.0. The van der Waals surface area contributed by atoms with Crippen molar-refractivity contribution in [2.45, 2.75) is 62.2 Å². The molecule has 0 aliphatic carbocycles. The van der Waals surface area contributed by atoms with Gasteiger partial charge < -0.3 is 34.7 Å². The molecule has 6 heterocycles. The molecular weight excluding hydrogens is 660 g/mol. The lowest BCUT2D eigenvalue weighted by Crippen LogP contribution is -2.51. The lowest BCUT2D eigenvalue weighted by atomic mass is 9.95. The van der Waals surface area contributed by atoms with Gasteiger partial charge in [0.2, 0.25) is 0 Å². The molecule has 12 nitrogen and oxygen atoms in total. The Labute approximate surface area is 292 Å². The smallest absolute Gasteiger partial charge is 0.409 e. The first kappa shape index (κ1) is 33.2. The number of nitrogens with zero attached hydrogens (tertiary/aromatic N) is 5. The molecule has 4 atom stereocenters. The Morgan fingerprint density at radius 2 is 1.92 bits per heavy atom. The monoisotopic (exact) mass is 699 g/mol. The summed E-state index contributed by atoms with van der Waals surface area (Å²) in [6.07, 6.45) is 10.7. The van der Waals surface area contributed by atoms with Crippen molar-refractivity contribution < 1.29 is 28.2 Å². The molecule has 4 aliphatic heterocycles. The fourth-order valence-electron chi connectivity index (χ4n) is 8.64. The molecule has 2 unspecified atom stereocenters. The van der Waals surface area contributed by atoms with Gasteiger partial charge in [-0.25, -0.2) is 13.6 Å². The Hall–Kier alpha value is -5.00. The van der Waals surface area contributed by atoms with Crippen LogP contribution in [0, 0.1) is 24.0 Å². The van der Waals surface area contributed by atoms with Crippen molar-refractivity contribution >= 4 is 33.6 Å². The van der Waals surface area contributed by atoms with Crippen molar-refractivity contribution in [1.29, 1.82) is 0 Å². The number of aromatic nitrogens is 3. The third kappa shape index (κ3) is 5.68. The fraction of sp³-hybridized carbons (Fsp3) is 0.459. The predicted molar refractivity (Wildman–Crippen MR) is 187 cm³/mol. The Morgan fingerprint density at radius 1 is 1.14 bits per heavy atom. The first-order valence-electron chi connectivity index (χ1n) is 17.4. The van der Waals surface area contributed by atoms with Crippen LogP contribution in [-0.2, 0) is 4.74 Å². The van der Waals surface area contributed by atoms with Gasteiger partial charge in [0.15, 0.2) is 5.82 Å². The third-order valence-electron chi connectivity index (χ3n) is 11.0. The van der Waals surface area contributed by atoms with Gasteiger partial charge in [-0.3, -0.25) is 9.69 Å². The average molecular weight is 700 g/mol. The highest BCUT2D eigenvalue weighted by Crippen LogP contribution is 2.43. The molecule has 4 fully saturated rings. The Balaban J connectivity index is 1.21. The number of pyridine rings is 1. The largest absolute Gasteiger partial charge is 0.508 e. The van der Waals surface area contributed by atoms with Crippen molar-refractivity contribution in [2.24, 2.45) is 0 Å². The number of piperazine rings is 1. The quantitative estimate of drug-likeness (QED) is 0.242.